The number of para-hydroxylation sites is 1. The Morgan fingerprint density at radius 2 is 1.95 bits per heavy atom. The van der Waals surface area contributed by atoms with Crippen molar-refractivity contribution in [2.24, 2.45) is 0 Å². The van der Waals surface area contributed by atoms with Crippen LogP contribution in [0.3, 0.4) is 0 Å². The van der Waals surface area contributed by atoms with Crippen LogP contribution in [0, 0.1) is 6.92 Å². The van der Waals surface area contributed by atoms with E-state index in [1.807, 2.05) is 50.2 Å². The minimum Gasteiger partial charge on any atom is -0.268 e. The number of benzene rings is 2. The van der Waals surface area contributed by atoms with Gasteiger partial charge in [0, 0.05) is 11.4 Å². The van der Waals surface area contributed by atoms with Gasteiger partial charge in [-0.2, -0.15) is 0 Å². The maximum Gasteiger partial charge on any atom is 0.265 e. The molecule has 0 spiro atoms. The molecule has 0 radical (unpaired) electrons. The summed E-state index contributed by atoms with van der Waals surface area (Å²) in [6, 6.07) is 13.0. The molecule has 3 nitrogen and oxygen atoms in total. The van der Waals surface area contributed by atoms with Gasteiger partial charge in [-0.15, -0.1) is 0 Å². The third kappa shape index (κ3) is 2.34. The zero-order valence-electron chi connectivity index (χ0n) is 11.9. The van der Waals surface area contributed by atoms with Crippen LogP contribution in [0.25, 0.3) is 16.6 Å². The van der Waals surface area contributed by atoms with Gasteiger partial charge < -0.3 is 0 Å². The molecule has 0 fully saturated rings. The third-order valence-corrected chi connectivity index (χ3v) is 3.80. The molecule has 0 unspecified atom stereocenters. The highest BCUT2D eigenvalue weighted by Crippen LogP contribution is 2.20. The number of nitrogens with zero attached hydrogens (tertiary/aromatic N) is 2. The van der Waals surface area contributed by atoms with E-state index in [2.05, 4.69) is 4.98 Å². The van der Waals surface area contributed by atoms with Crippen LogP contribution in [0.5, 0.6) is 0 Å². The lowest BCUT2D eigenvalue weighted by atomic mass is 10.1. The minimum atomic E-state index is -0.0390. The number of aryl methyl sites for hydroxylation is 2. The lowest BCUT2D eigenvalue weighted by molar-refractivity contribution is 0.829. The summed E-state index contributed by atoms with van der Waals surface area (Å²) in [6.07, 6.45) is 0.683. The largest absolute Gasteiger partial charge is 0.268 e. The van der Waals surface area contributed by atoms with Gasteiger partial charge in [0.2, 0.25) is 0 Å². The molecule has 0 N–H and O–H groups in total. The molecule has 0 amide bonds. The van der Waals surface area contributed by atoms with Crippen molar-refractivity contribution in [2.75, 3.05) is 0 Å². The van der Waals surface area contributed by atoms with E-state index in [1.165, 1.54) is 0 Å². The Labute approximate surface area is 127 Å². The molecule has 2 aromatic carbocycles. The Kier molecular flexibility index (Phi) is 3.52. The van der Waals surface area contributed by atoms with E-state index in [4.69, 9.17) is 11.6 Å². The van der Waals surface area contributed by atoms with Crippen molar-refractivity contribution in [1.29, 1.82) is 0 Å². The van der Waals surface area contributed by atoms with Gasteiger partial charge in [0.15, 0.2) is 0 Å². The average molecular weight is 299 g/mol. The summed E-state index contributed by atoms with van der Waals surface area (Å²) >= 11 is 6.01. The number of fused-ring (bicyclic) bond motifs is 1. The maximum absolute atomic E-state index is 12.8. The van der Waals surface area contributed by atoms with Crippen LogP contribution in [0.1, 0.15) is 18.3 Å². The fourth-order valence-electron chi connectivity index (χ4n) is 2.53. The summed E-state index contributed by atoms with van der Waals surface area (Å²) in [5.41, 5.74) is 2.49. The zero-order valence-corrected chi connectivity index (χ0v) is 12.7. The average Bonchev–Trinajstić information content (AvgIpc) is 2.48. The van der Waals surface area contributed by atoms with Crippen LogP contribution in [-0.2, 0) is 6.42 Å². The summed E-state index contributed by atoms with van der Waals surface area (Å²) in [5.74, 6) is 0.754. The monoisotopic (exact) mass is 298 g/mol. The Morgan fingerprint density at radius 1 is 1.19 bits per heavy atom. The number of halogens is 1. The molecule has 106 valence electrons. The maximum atomic E-state index is 12.8. The standard InChI is InChI=1S/C17H15ClN2O/c1-3-16-19-14-7-5-4-6-13(14)17(21)20(16)15-9-8-12(18)10-11(15)2/h4-10H,3H2,1-2H3. The number of aromatic nitrogens is 2. The first kappa shape index (κ1) is 13.8. The SMILES string of the molecule is CCc1nc2ccccc2c(=O)n1-c1ccc(Cl)cc1C. The first-order valence-electron chi connectivity index (χ1n) is 6.89. The van der Waals surface area contributed by atoms with E-state index < -0.39 is 0 Å². The summed E-state index contributed by atoms with van der Waals surface area (Å²) < 4.78 is 1.69. The van der Waals surface area contributed by atoms with Gasteiger partial charge >= 0.3 is 0 Å². The van der Waals surface area contributed by atoms with Crippen molar-refractivity contribution in [1.82, 2.24) is 9.55 Å². The van der Waals surface area contributed by atoms with Crippen LogP contribution in [0.15, 0.2) is 47.3 Å². The van der Waals surface area contributed by atoms with E-state index in [9.17, 15) is 4.79 Å². The first-order valence-corrected chi connectivity index (χ1v) is 7.27. The van der Waals surface area contributed by atoms with E-state index in [0.29, 0.717) is 16.8 Å². The highest BCUT2D eigenvalue weighted by Gasteiger charge is 2.13. The molecule has 0 aliphatic carbocycles. The molecule has 1 heterocycles. The minimum absolute atomic E-state index is 0.0390. The predicted octanol–water partition coefficient (Wildman–Crippen LogP) is 3.91. The Morgan fingerprint density at radius 3 is 2.67 bits per heavy atom. The lowest BCUT2D eigenvalue weighted by Gasteiger charge is -2.14. The zero-order chi connectivity index (χ0) is 15.0. The second-order valence-electron chi connectivity index (χ2n) is 4.97. The summed E-state index contributed by atoms with van der Waals surface area (Å²) in [4.78, 5) is 17.5. The van der Waals surface area contributed by atoms with E-state index in [1.54, 1.807) is 10.6 Å². The third-order valence-electron chi connectivity index (χ3n) is 3.56. The number of hydrogen-bond donors (Lipinski definition) is 0. The van der Waals surface area contributed by atoms with Crippen LogP contribution < -0.4 is 5.56 Å². The molecule has 4 heteroatoms. The fourth-order valence-corrected chi connectivity index (χ4v) is 2.76. The van der Waals surface area contributed by atoms with Crippen molar-refractivity contribution in [3.63, 3.8) is 0 Å². The molecule has 0 saturated carbocycles. The topological polar surface area (TPSA) is 34.9 Å². The Balaban J connectivity index is 2.41. The predicted molar refractivity (Wildman–Crippen MR) is 86.5 cm³/mol. The molecule has 0 saturated heterocycles. The second kappa shape index (κ2) is 5.34. The van der Waals surface area contributed by atoms with Gasteiger partial charge in [0.05, 0.1) is 16.6 Å². The van der Waals surface area contributed by atoms with Gasteiger partial charge in [-0.3, -0.25) is 9.36 Å². The van der Waals surface area contributed by atoms with E-state index in [0.717, 1.165) is 22.6 Å². The molecule has 0 bridgehead atoms. The van der Waals surface area contributed by atoms with Crippen molar-refractivity contribution in [3.05, 3.63) is 69.2 Å². The number of rotatable bonds is 2. The van der Waals surface area contributed by atoms with Gasteiger partial charge in [-0.1, -0.05) is 30.7 Å². The Bertz CT molecular complexity index is 884. The van der Waals surface area contributed by atoms with Crippen molar-refractivity contribution in [3.8, 4) is 5.69 Å². The van der Waals surface area contributed by atoms with Crippen LogP contribution in [0.2, 0.25) is 5.02 Å². The Hall–Kier alpha value is -2.13. The van der Waals surface area contributed by atoms with Gasteiger partial charge in [0.25, 0.3) is 5.56 Å². The van der Waals surface area contributed by atoms with Crippen molar-refractivity contribution in [2.45, 2.75) is 20.3 Å². The molecule has 0 aliphatic rings. The smallest absolute Gasteiger partial charge is 0.265 e. The van der Waals surface area contributed by atoms with Crippen LogP contribution in [0.4, 0.5) is 0 Å². The molecule has 0 aliphatic heterocycles. The first-order chi connectivity index (χ1) is 10.1. The quantitative estimate of drug-likeness (QED) is 0.719. The molecule has 1 aromatic heterocycles. The second-order valence-corrected chi connectivity index (χ2v) is 5.41. The number of hydrogen-bond acceptors (Lipinski definition) is 2. The highest BCUT2D eigenvalue weighted by atomic mass is 35.5. The van der Waals surface area contributed by atoms with Gasteiger partial charge in [0.1, 0.15) is 5.82 Å². The molecule has 3 aromatic rings. The highest BCUT2D eigenvalue weighted by molar-refractivity contribution is 6.30. The van der Waals surface area contributed by atoms with E-state index >= 15 is 0 Å². The molecule has 0 atom stereocenters. The van der Waals surface area contributed by atoms with Crippen LogP contribution in [-0.4, -0.2) is 9.55 Å². The molecular weight excluding hydrogens is 284 g/mol. The van der Waals surface area contributed by atoms with E-state index in [-0.39, 0.29) is 5.56 Å². The molecular formula is C17H15ClN2O. The van der Waals surface area contributed by atoms with Crippen LogP contribution >= 0.6 is 11.6 Å². The van der Waals surface area contributed by atoms with Crippen molar-refractivity contribution >= 4 is 22.5 Å². The molecule has 3 rings (SSSR count). The molecule has 21 heavy (non-hydrogen) atoms. The lowest BCUT2D eigenvalue weighted by Crippen LogP contribution is -2.24. The van der Waals surface area contributed by atoms with Crippen molar-refractivity contribution < 1.29 is 0 Å². The summed E-state index contributed by atoms with van der Waals surface area (Å²) in [6.45, 7) is 3.95. The fraction of sp³-hybridized carbons (Fsp3) is 0.176. The summed E-state index contributed by atoms with van der Waals surface area (Å²) in [5, 5.41) is 1.29. The van der Waals surface area contributed by atoms with Gasteiger partial charge in [-0.25, -0.2) is 4.98 Å². The van der Waals surface area contributed by atoms with Gasteiger partial charge in [-0.05, 0) is 42.8 Å². The normalized spacial score (nSPS) is 11.0. The summed E-state index contributed by atoms with van der Waals surface area (Å²) in [7, 11) is 0.